The molecule has 0 amide bonds. The van der Waals surface area contributed by atoms with E-state index in [-0.39, 0.29) is 28.7 Å². The highest BCUT2D eigenvalue weighted by molar-refractivity contribution is 7.92. The monoisotopic (exact) mass is 371 g/mol. The van der Waals surface area contributed by atoms with Gasteiger partial charge >= 0.3 is 0 Å². The SMILES string of the molecule is CN(C)S(=O)(=O)c1ccccc1S(=O)(=O)NCC(C)(C)N.Cl. The molecule has 0 spiro atoms. The van der Waals surface area contributed by atoms with Crippen molar-refractivity contribution in [2.45, 2.75) is 29.2 Å². The zero-order valence-corrected chi connectivity index (χ0v) is 15.3. The van der Waals surface area contributed by atoms with Crippen LogP contribution in [0.15, 0.2) is 34.1 Å². The number of nitrogens with one attached hydrogen (secondary N) is 1. The summed E-state index contributed by atoms with van der Waals surface area (Å²) in [6.45, 7) is 3.32. The molecule has 0 bridgehead atoms. The molecule has 0 heterocycles. The molecule has 7 nitrogen and oxygen atoms in total. The maximum atomic E-state index is 12.3. The lowest BCUT2D eigenvalue weighted by Gasteiger charge is -2.20. The maximum absolute atomic E-state index is 12.3. The third kappa shape index (κ3) is 5.18. The lowest BCUT2D eigenvalue weighted by molar-refractivity contribution is 0.495. The first-order valence-corrected chi connectivity index (χ1v) is 9.10. The lowest BCUT2D eigenvalue weighted by Crippen LogP contribution is -2.45. The molecule has 1 aromatic carbocycles. The minimum Gasteiger partial charge on any atom is -0.324 e. The van der Waals surface area contributed by atoms with Gasteiger partial charge < -0.3 is 5.73 Å². The number of sulfonamides is 2. The average molecular weight is 372 g/mol. The van der Waals surface area contributed by atoms with Gasteiger partial charge in [-0.25, -0.2) is 25.9 Å². The van der Waals surface area contributed by atoms with Crippen LogP contribution in [0.1, 0.15) is 13.8 Å². The first-order chi connectivity index (χ1) is 9.38. The van der Waals surface area contributed by atoms with E-state index in [9.17, 15) is 16.8 Å². The molecule has 0 radical (unpaired) electrons. The summed E-state index contributed by atoms with van der Waals surface area (Å²) in [6, 6.07) is 5.46. The van der Waals surface area contributed by atoms with E-state index in [0.717, 1.165) is 4.31 Å². The van der Waals surface area contributed by atoms with Crippen molar-refractivity contribution in [3.05, 3.63) is 24.3 Å². The maximum Gasteiger partial charge on any atom is 0.243 e. The van der Waals surface area contributed by atoms with Crippen LogP contribution in [-0.2, 0) is 20.0 Å². The van der Waals surface area contributed by atoms with Gasteiger partial charge in [-0.1, -0.05) is 12.1 Å². The molecule has 3 N–H and O–H groups in total. The van der Waals surface area contributed by atoms with Gasteiger partial charge in [0.25, 0.3) is 0 Å². The molecule has 0 fully saturated rings. The van der Waals surface area contributed by atoms with E-state index in [4.69, 9.17) is 5.73 Å². The smallest absolute Gasteiger partial charge is 0.243 e. The van der Waals surface area contributed by atoms with Crippen molar-refractivity contribution >= 4 is 32.5 Å². The fourth-order valence-corrected chi connectivity index (χ4v) is 4.36. The van der Waals surface area contributed by atoms with Gasteiger partial charge in [0.15, 0.2) is 0 Å². The minimum absolute atomic E-state index is 0. The molecule has 0 unspecified atom stereocenters. The number of nitrogens with two attached hydrogens (primary N) is 1. The number of hydrogen-bond donors (Lipinski definition) is 2. The molecular formula is C12H22ClN3O4S2. The molecule has 22 heavy (non-hydrogen) atoms. The Morgan fingerprint density at radius 1 is 1.09 bits per heavy atom. The average Bonchev–Trinajstić information content (AvgIpc) is 2.35. The second-order valence-corrected chi connectivity index (χ2v) is 9.40. The molecule has 0 aliphatic carbocycles. The van der Waals surface area contributed by atoms with Crippen molar-refractivity contribution in [1.29, 1.82) is 0 Å². The molecule has 1 rings (SSSR count). The van der Waals surface area contributed by atoms with Crippen molar-refractivity contribution in [1.82, 2.24) is 9.03 Å². The topological polar surface area (TPSA) is 110 Å². The van der Waals surface area contributed by atoms with E-state index in [1.807, 2.05) is 0 Å². The van der Waals surface area contributed by atoms with Gasteiger partial charge in [0, 0.05) is 26.2 Å². The van der Waals surface area contributed by atoms with Gasteiger partial charge in [-0.05, 0) is 26.0 Å². The van der Waals surface area contributed by atoms with Gasteiger partial charge in [-0.15, -0.1) is 12.4 Å². The van der Waals surface area contributed by atoms with E-state index in [1.54, 1.807) is 13.8 Å². The Balaban J connectivity index is 0.00000441. The molecule has 1 aromatic rings. The van der Waals surface area contributed by atoms with Gasteiger partial charge in [0.1, 0.15) is 9.79 Å². The predicted molar refractivity (Wildman–Crippen MR) is 88.0 cm³/mol. The van der Waals surface area contributed by atoms with E-state index in [1.165, 1.54) is 38.4 Å². The Morgan fingerprint density at radius 2 is 1.55 bits per heavy atom. The zero-order chi connectivity index (χ0) is 16.5. The third-order valence-corrected chi connectivity index (χ3v) is 6.08. The first-order valence-electron chi connectivity index (χ1n) is 6.18. The van der Waals surface area contributed by atoms with Gasteiger partial charge in [0.05, 0.1) is 0 Å². The molecule has 0 aromatic heterocycles. The van der Waals surface area contributed by atoms with Crippen molar-refractivity contribution in [3.8, 4) is 0 Å². The summed E-state index contributed by atoms with van der Waals surface area (Å²) in [5.74, 6) is 0. The normalized spacial score (nSPS) is 13.0. The fourth-order valence-electron chi connectivity index (χ4n) is 1.44. The van der Waals surface area contributed by atoms with Crippen LogP contribution in [-0.4, -0.2) is 47.3 Å². The highest BCUT2D eigenvalue weighted by Crippen LogP contribution is 2.22. The lowest BCUT2D eigenvalue weighted by atomic mass is 10.1. The van der Waals surface area contributed by atoms with Crippen LogP contribution in [0.5, 0.6) is 0 Å². The first kappa shape index (κ1) is 21.3. The van der Waals surface area contributed by atoms with Gasteiger partial charge in [0.2, 0.25) is 20.0 Å². The van der Waals surface area contributed by atoms with Gasteiger partial charge in [-0.3, -0.25) is 0 Å². The van der Waals surface area contributed by atoms with E-state index in [0.29, 0.717) is 0 Å². The number of hydrogen-bond acceptors (Lipinski definition) is 5. The summed E-state index contributed by atoms with van der Waals surface area (Å²) in [7, 11) is -5.15. The van der Waals surface area contributed by atoms with Crippen molar-refractivity contribution < 1.29 is 16.8 Å². The molecule has 10 heteroatoms. The Hall–Kier alpha value is -0.710. The molecule has 0 atom stereocenters. The summed E-state index contributed by atoms with van der Waals surface area (Å²) < 4.78 is 52.4. The third-order valence-electron chi connectivity index (χ3n) is 2.62. The predicted octanol–water partition coefficient (Wildman–Crippen LogP) is 0.374. The minimum atomic E-state index is -3.98. The summed E-state index contributed by atoms with van der Waals surface area (Å²) >= 11 is 0. The van der Waals surface area contributed by atoms with Crippen LogP contribution in [0.2, 0.25) is 0 Å². The van der Waals surface area contributed by atoms with Crippen LogP contribution >= 0.6 is 12.4 Å². The Morgan fingerprint density at radius 3 is 1.95 bits per heavy atom. The number of benzene rings is 1. The summed E-state index contributed by atoms with van der Waals surface area (Å²) in [6.07, 6.45) is 0. The number of nitrogens with zero attached hydrogens (tertiary/aromatic N) is 1. The highest BCUT2D eigenvalue weighted by atomic mass is 35.5. The summed E-state index contributed by atoms with van der Waals surface area (Å²) in [5.41, 5.74) is 4.99. The van der Waals surface area contributed by atoms with Crippen molar-refractivity contribution in [3.63, 3.8) is 0 Å². The van der Waals surface area contributed by atoms with E-state index >= 15 is 0 Å². The van der Waals surface area contributed by atoms with E-state index in [2.05, 4.69) is 4.72 Å². The Kier molecular flexibility index (Phi) is 7.01. The van der Waals surface area contributed by atoms with Crippen LogP contribution < -0.4 is 10.5 Å². The Bertz CT molecular complexity index is 710. The number of rotatable bonds is 6. The highest BCUT2D eigenvalue weighted by Gasteiger charge is 2.28. The van der Waals surface area contributed by atoms with Crippen molar-refractivity contribution in [2.75, 3.05) is 20.6 Å². The Labute approximate surface area is 138 Å². The number of halogens is 1. The molecule has 128 valence electrons. The van der Waals surface area contributed by atoms with Crippen LogP contribution in [0.4, 0.5) is 0 Å². The largest absolute Gasteiger partial charge is 0.324 e. The van der Waals surface area contributed by atoms with Crippen LogP contribution in [0, 0.1) is 0 Å². The molecule has 0 saturated heterocycles. The zero-order valence-electron chi connectivity index (χ0n) is 12.9. The van der Waals surface area contributed by atoms with Crippen LogP contribution in [0.25, 0.3) is 0 Å². The summed E-state index contributed by atoms with van der Waals surface area (Å²) in [5, 5.41) is 0. The standard InChI is InChI=1S/C12H21N3O4S2.ClH/c1-12(2,13)9-14-20(16,17)10-7-5-6-8-11(10)21(18,19)15(3)4;/h5-8,14H,9,13H2,1-4H3;1H. The second-order valence-electron chi connectivity index (χ2n) is 5.55. The quantitative estimate of drug-likeness (QED) is 0.750. The molecule has 0 saturated carbocycles. The van der Waals surface area contributed by atoms with Gasteiger partial charge in [-0.2, -0.15) is 0 Å². The molecule has 0 aliphatic rings. The van der Waals surface area contributed by atoms with Crippen LogP contribution in [0.3, 0.4) is 0 Å². The molecule has 0 aliphatic heterocycles. The summed E-state index contributed by atoms with van der Waals surface area (Å²) in [4.78, 5) is -0.555. The fraction of sp³-hybridized carbons (Fsp3) is 0.500. The second kappa shape index (κ2) is 7.24. The van der Waals surface area contributed by atoms with Crippen molar-refractivity contribution in [2.24, 2.45) is 5.73 Å². The van der Waals surface area contributed by atoms with E-state index < -0.39 is 25.6 Å². The molecular weight excluding hydrogens is 350 g/mol.